The van der Waals surface area contributed by atoms with Crippen LogP contribution >= 0.6 is 0 Å². The predicted octanol–water partition coefficient (Wildman–Crippen LogP) is 6.12. The van der Waals surface area contributed by atoms with Crippen LogP contribution in [0.1, 0.15) is 56.9 Å². The molecular weight excluding hydrogens is 805 g/mol. The van der Waals surface area contributed by atoms with Gasteiger partial charge in [0.25, 0.3) is 0 Å². The molecule has 0 spiro atoms. The Labute approximate surface area is 366 Å². The minimum atomic E-state index is -0.786. The smallest absolute Gasteiger partial charge is 0.240 e. The predicted molar refractivity (Wildman–Crippen MR) is 239 cm³/mol. The molecule has 7 unspecified atom stereocenters. The zero-order chi connectivity index (χ0) is 43.9. The Morgan fingerprint density at radius 3 is 2.19 bits per heavy atom. The van der Waals surface area contributed by atoms with Gasteiger partial charge in [-0.25, -0.2) is 18.7 Å². The summed E-state index contributed by atoms with van der Waals surface area (Å²) in [5.74, 6) is -0.102. The number of halogens is 2. The molecule has 4 aromatic heterocycles. The number of carbonyl (C=O) groups excluding carboxylic acids is 1. The number of fused-ring (bicyclic) bond motifs is 4. The van der Waals surface area contributed by atoms with E-state index in [4.69, 9.17) is 30.9 Å². The van der Waals surface area contributed by atoms with Gasteiger partial charge in [-0.3, -0.25) is 19.7 Å². The molecule has 2 saturated heterocycles. The van der Waals surface area contributed by atoms with Crippen molar-refractivity contribution >= 4 is 45.4 Å². The van der Waals surface area contributed by atoms with E-state index in [1.807, 2.05) is 47.5 Å². The molecule has 1 amide bonds. The number of anilines is 2. The normalized spacial score (nSPS) is 27.4. The third kappa shape index (κ3) is 7.82. The van der Waals surface area contributed by atoms with E-state index in [1.54, 1.807) is 32.6 Å². The first kappa shape index (κ1) is 42.8. The average molecular weight is 862 g/mol. The van der Waals surface area contributed by atoms with Crippen molar-refractivity contribution in [2.75, 3.05) is 63.4 Å². The van der Waals surface area contributed by atoms with E-state index in [-0.39, 0.29) is 35.6 Å². The average Bonchev–Trinajstić information content (AvgIpc) is 3.32. The van der Waals surface area contributed by atoms with Crippen LogP contribution in [-0.2, 0) is 4.79 Å². The molecule has 15 heteroatoms. The van der Waals surface area contributed by atoms with Crippen molar-refractivity contribution in [2.24, 2.45) is 34.1 Å². The van der Waals surface area contributed by atoms with Gasteiger partial charge in [0.1, 0.15) is 28.7 Å². The molecule has 2 saturated carbocycles. The molecule has 4 fully saturated rings. The molecule has 6 heterocycles. The Morgan fingerprint density at radius 1 is 0.873 bits per heavy atom. The summed E-state index contributed by atoms with van der Waals surface area (Å²) in [7, 11) is 3.18. The lowest BCUT2D eigenvalue weighted by atomic mass is 9.57. The van der Waals surface area contributed by atoms with Gasteiger partial charge in [0.05, 0.1) is 43.2 Å². The summed E-state index contributed by atoms with van der Waals surface area (Å²) in [6.07, 6.45) is 13.7. The zero-order valence-electron chi connectivity index (χ0n) is 36.0. The van der Waals surface area contributed by atoms with Crippen molar-refractivity contribution in [1.82, 2.24) is 24.8 Å². The van der Waals surface area contributed by atoms with Crippen LogP contribution in [0.5, 0.6) is 11.8 Å². The first-order chi connectivity index (χ1) is 30.6. The highest BCUT2D eigenvalue weighted by atomic mass is 19.1. The van der Waals surface area contributed by atoms with Crippen LogP contribution in [0.25, 0.3) is 28.1 Å². The molecule has 5 aromatic rings. The molecule has 7 atom stereocenters. The summed E-state index contributed by atoms with van der Waals surface area (Å²) in [6.45, 7) is 3.10. The Balaban J connectivity index is 0.992. The lowest BCUT2D eigenvalue weighted by Crippen LogP contribution is -2.66. The highest BCUT2D eigenvalue weighted by Crippen LogP contribution is 2.54. The Hall–Kier alpha value is -5.51. The Morgan fingerprint density at radius 2 is 1.52 bits per heavy atom. The maximum absolute atomic E-state index is 14.9. The maximum atomic E-state index is 14.9. The molecule has 4 aliphatic rings. The number of nitrogens with zero attached hydrogens (tertiary/aromatic N) is 7. The molecule has 0 radical (unpaired) electrons. The Kier molecular flexibility index (Phi) is 11.9. The lowest BCUT2D eigenvalue weighted by Gasteiger charge is -2.59. The van der Waals surface area contributed by atoms with E-state index >= 15 is 0 Å². The summed E-state index contributed by atoms with van der Waals surface area (Å²) in [4.78, 5) is 39.3. The number of nitrogens with two attached hydrogens (primary N) is 2. The van der Waals surface area contributed by atoms with E-state index in [1.165, 1.54) is 6.07 Å². The number of rotatable bonds is 12. The molecule has 0 bridgehead atoms. The molecule has 1 aromatic carbocycles. The van der Waals surface area contributed by atoms with Crippen molar-refractivity contribution in [1.29, 1.82) is 0 Å². The van der Waals surface area contributed by atoms with Crippen molar-refractivity contribution in [3.05, 3.63) is 90.3 Å². The van der Waals surface area contributed by atoms with Crippen LogP contribution in [-0.4, -0.2) is 108 Å². The molecule has 63 heavy (non-hydrogen) atoms. The van der Waals surface area contributed by atoms with Gasteiger partial charge in [-0.15, -0.1) is 0 Å². The van der Waals surface area contributed by atoms with E-state index in [0.717, 1.165) is 92.6 Å². The fourth-order valence-corrected chi connectivity index (χ4v) is 12.0. The number of hydrogen-bond acceptors (Lipinski definition) is 12. The molecule has 9 rings (SSSR count). The largest absolute Gasteiger partial charge is 0.481 e. The molecule has 2 aliphatic carbocycles. The van der Waals surface area contributed by atoms with Crippen molar-refractivity contribution in [3.63, 3.8) is 0 Å². The molecular formula is C48H57F2N9O4. The summed E-state index contributed by atoms with van der Waals surface area (Å²) in [6, 6.07) is 14.3. The van der Waals surface area contributed by atoms with Crippen molar-refractivity contribution in [3.8, 4) is 11.8 Å². The Bertz CT molecular complexity index is 2510. The van der Waals surface area contributed by atoms with Gasteiger partial charge < -0.3 is 35.8 Å². The molecule has 332 valence electrons. The molecule has 5 N–H and O–H groups in total. The van der Waals surface area contributed by atoms with Crippen molar-refractivity contribution < 1.29 is 28.2 Å². The van der Waals surface area contributed by atoms with E-state index < -0.39 is 29.0 Å². The molecule has 13 nitrogen and oxygen atoms in total. The van der Waals surface area contributed by atoms with Crippen LogP contribution < -0.4 is 30.7 Å². The van der Waals surface area contributed by atoms with Crippen molar-refractivity contribution in [2.45, 2.75) is 69.5 Å². The fourth-order valence-electron chi connectivity index (χ4n) is 12.0. The number of piperidine rings is 2. The standard InChI is InChI=1S/C48H57F2N9O4/c1-62-41-9-7-37-43(55-41)39(13-19-53-37)57-22-15-31-25-34(11-17-47(31,27-51)28-57)58(21-3-4-30-24-33(49)5-6-36(30)50)35-12-18-48(29-60)32(26-35)16-23-59(45(48)46(52)61)40-14-20-54-38-8-10-42(63-2)56-44(38)40/h3-10,13-14,19-20,24,31-32,34-35,45,60H,11-12,15-18,21-23,25-29,51H2,1-2H3,(H2,52,61)/b4-3+. The topological polar surface area (TPSA) is 169 Å². The van der Waals surface area contributed by atoms with Crippen LogP contribution in [0.3, 0.4) is 0 Å². The summed E-state index contributed by atoms with van der Waals surface area (Å²) in [5, 5.41) is 11.4. The van der Waals surface area contributed by atoms with Gasteiger partial charge in [0.2, 0.25) is 17.7 Å². The van der Waals surface area contributed by atoms with Gasteiger partial charge in [-0.05, 0) is 112 Å². The zero-order valence-corrected chi connectivity index (χ0v) is 36.0. The van der Waals surface area contributed by atoms with E-state index in [2.05, 4.69) is 19.8 Å². The number of hydrogen-bond donors (Lipinski definition) is 3. The maximum Gasteiger partial charge on any atom is 0.240 e. The summed E-state index contributed by atoms with van der Waals surface area (Å²) >= 11 is 0. The number of methoxy groups -OCH3 is 2. The lowest BCUT2D eigenvalue weighted by molar-refractivity contribution is -0.130. The fraction of sp³-hybridized carbons (Fsp3) is 0.479. The number of primary amides is 1. The number of aliphatic hydroxyl groups excluding tert-OH is 1. The number of carbonyl (C=O) groups is 1. The minimum Gasteiger partial charge on any atom is -0.481 e. The SMILES string of the molecule is COc1ccc2nccc(N3CCC4CC(N(C/C=C/c5cc(F)ccc5F)C5CCC6(CO)C(CCN(c7ccnc8ccc(OC)nc78)C6C(N)=O)C5)CCC4(CN)C3)c2n1. The monoisotopic (exact) mass is 861 g/mol. The van der Waals surface area contributed by atoms with Crippen LogP contribution in [0.4, 0.5) is 20.2 Å². The first-order valence-electron chi connectivity index (χ1n) is 22.2. The number of amides is 1. The van der Waals surface area contributed by atoms with Crippen LogP contribution in [0.2, 0.25) is 0 Å². The number of pyridine rings is 4. The molecule has 2 aliphatic heterocycles. The van der Waals surface area contributed by atoms with Crippen LogP contribution in [0.15, 0.2) is 73.1 Å². The second kappa shape index (κ2) is 17.6. The van der Waals surface area contributed by atoms with E-state index in [9.17, 15) is 18.7 Å². The highest BCUT2D eigenvalue weighted by molar-refractivity contribution is 5.93. The van der Waals surface area contributed by atoms with Gasteiger partial charge in [0.15, 0.2) is 0 Å². The first-order valence-corrected chi connectivity index (χ1v) is 22.2. The highest BCUT2D eigenvalue weighted by Gasteiger charge is 2.57. The quantitative estimate of drug-likeness (QED) is 0.132. The number of benzene rings is 1. The van der Waals surface area contributed by atoms with Gasteiger partial charge in [0, 0.05) is 79.2 Å². The van der Waals surface area contributed by atoms with E-state index in [0.29, 0.717) is 54.8 Å². The second-order valence-corrected chi connectivity index (χ2v) is 18.1. The minimum absolute atomic E-state index is 0.00452. The van der Waals surface area contributed by atoms with Crippen LogP contribution in [0, 0.1) is 34.3 Å². The van der Waals surface area contributed by atoms with Gasteiger partial charge in [-0.2, -0.15) is 0 Å². The number of ether oxygens (including phenoxy) is 2. The number of aliphatic hydroxyl groups is 1. The third-order valence-corrected chi connectivity index (χ3v) is 15.2. The second-order valence-electron chi connectivity index (χ2n) is 18.1. The summed E-state index contributed by atoms with van der Waals surface area (Å²) < 4.78 is 40.0. The number of aromatic nitrogens is 4. The third-order valence-electron chi connectivity index (χ3n) is 15.2. The summed E-state index contributed by atoms with van der Waals surface area (Å²) in [5.41, 5.74) is 17.1. The van der Waals surface area contributed by atoms with Gasteiger partial charge in [-0.1, -0.05) is 12.2 Å². The van der Waals surface area contributed by atoms with Gasteiger partial charge >= 0.3 is 0 Å².